The second-order valence-corrected chi connectivity index (χ2v) is 6.47. The van der Waals surface area contributed by atoms with Crippen LogP contribution < -0.4 is 10.1 Å². The molecule has 6 heteroatoms. The van der Waals surface area contributed by atoms with Crippen LogP contribution in [0.1, 0.15) is 18.4 Å². The van der Waals surface area contributed by atoms with E-state index in [-0.39, 0.29) is 18.9 Å². The van der Waals surface area contributed by atoms with E-state index < -0.39 is 11.5 Å². The van der Waals surface area contributed by atoms with Crippen molar-refractivity contribution < 1.29 is 14.6 Å². The van der Waals surface area contributed by atoms with Gasteiger partial charge >= 0.3 is 24.8 Å². The third-order valence-electron chi connectivity index (χ3n) is 4.85. The van der Waals surface area contributed by atoms with Crippen LogP contribution in [0, 0.1) is 0 Å². The number of hydrogen-bond donors (Lipinski definition) is 2. The second-order valence-electron chi connectivity index (χ2n) is 6.47. The molecule has 2 N–H and O–H groups in total. The van der Waals surface area contributed by atoms with Crippen molar-refractivity contribution in [1.29, 1.82) is 0 Å². The average Bonchev–Trinajstić information content (AvgIpc) is 2.64. The Bertz CT molecular complexity index is 716. The first-order chi connectivity index (χ1) is 12.1. The van der Waals surface area contributed by atoms with Crippen LogP contribution in [-0.2, 0) is 11.3 Å². The van der Waals surface area contributed by atoms with Crippen molar-refractivity contribution in [3.8, 4) is 5.75 Å². The van der Waals surface area contributed by atoms with Crippen LogP contribution in [0.25, 0.3) is 0 Å². The molecule has 0 bridgehead atoms. The molecule has 0 aromatic heterocycles. The summed E-state index contributed by atoms with van der Waals surface area (Å²) in [5.74, 6) is -0.146. The number of piperidine rings is 1. The van der Waals surface area contributed by atoms with Crippen molar-refractivity contribution in [1.82, 2.24) is 4.90 Å². The fourth-order valence-corrected chi connectivity index (χ4v) is 3.33. The Balaban J connectivity index is 0.00000243. The van der Waals surface area contributed by atoms with E-state index in [0.29, 0.717) is 18.6 Å². The zero-order valence-corrected chi connectivity index (χ0v) is 14.4. The number of carbonyl (C=O) groups is 1. The number of methoxy groups -OCH3 is 1. The Hall–Kier alpha value is -1.93. The molecule has 1 fully saturated rings. The molecule has 0 spiro atoms. The van der Waals surface area contributed by atoms with Crippen molar-refractivity contribution >= 4 is 30.5 Å². The van der Waals surface area contributed by atoms with Crippen molar-refractivity contribution in [3.63, 3.8) is 0 Å². The number of carboxylic acid groups (broad SMARTS) is 1. The van der Waals surface area contributed by atoms with Gasteiger partial charge in [-0.1, -0.05) is 42.5 Å². The topological polar surface area (TPSA) is 61.8 Å². The maximum atomic E-state index is 12.0. The number of anilines is 1. The van der Waals surface area contributed by atoms with E-state index in [0.717, 1.165) is 25.3 Å². The molecule has 0 unspecified atom stereocenters. The molecule has 3 rings (SSSR count). The van der Waals surface area contributed by atoms with Gasteiger partial charge in [0.05, 0.1) is 12.8 Å². The number of ether oxygens (including phenoxy) is 1. The van der Waals surface area contributed by atoms with Crippen LogP contribution in [0.4, 0.5) is 5.69 Å². The fraction of sp³-hybridized carbons (Fsp3) is 0.350. The molecule has 0 saturated carbocycles. The maximum absolute atomic E-state index is 12.0. The van der Waals surface area contributed by atoms with Gasteiger partial charge in [0.25, 0.3) is 0 Å². The van der Waals surface area contributed by atoms with Gasteiger partial charge < -0.3 is 15.2 Å². The SMILES string of the molecule is COc1ccccc1NC1(C(=O)O)CCN(Cc2ccccc2)CC1.[LiH]. The van der Waals surface area contributed by atoms with E-state index >= 15 is 0 Å². The molecule has 0 radical (unpaired) electrons. The molecule has 5 nitrogen and oxygen atoms in total. The first-order valence-electron chi connectivity index (χ1n) is 8.54. The van der Waals surface area contributed by atoms with Gasteiger partial charge in [-0.2, -0.15) is 0 Å². The molecular weight excluding hydrogens is 323 g/mol. The number of likely N-dealkylation sites (tertiary alicyclic amines) is 1. The molecule has 0 amide bonds. The first-order valence-corrected chi connectivity index (χ1v) is 8.54. The molecule has 2 aromatic rings. The predicted molar refractivity (Wildman–Crippen MR) is 105 cm³/mol. The minimum atomic E-state index is -0.957. The van der Waals surface area contributed by atoms with Crippen molar-refractivity contribution in [2.45, 2.75) is 24.9 Å². The molecule has 1 heterocycles. The zero-order chi connectivity index (χ0) is 17.7. The van der Waals surface area contributed by atoms with Gasteiger partial charge in [-0.3, -0.25) is 4.90 Å². The Labute approximate surface area is 166 Å². The first kappa shape index (κ1) is 20.4. The summed E-state index contributed by atoms with van der Waals surface area (Å²) in [5, 5.41) is 13.1. The number of aliphatic carboxylic acids is 1. The van der Waals surface area contributed by atoms with Gasteiger partial charge in [-0.05, 0) is 30.5 Å². The molecule has 1 aliphatic heterocycles. The van der Waals surface area contributed by atoms with Crippen LogP contribution in [0.2, 0.25) is 0 Å². The Morgan fingerprint density at radius 3 is 2.35 bits per heavy atom. The number of rotatable bonds is 6. The summed E-state index contributed by atoms with van der Waals surface area (Å²) in [6, 6.07) is 17.7. The van der Waals surface area contributed by atoms with Crippen molar-refractivity contribution in [2.24, 2.45) is 0 Å². The Morgan fingerprint density at radius 2 is 1.73 bits per heavy atom. The summed E-state index contributed by atoms with van der Waals surface area (Å²) >= 11 is 0. The number of nitrogens with zero attached hydrogens (tertiary/aromatic N) is 1. The molecular formula is C20H25LiN2O3. The number of para-hydroxylation sites is 2. The Morgan fingerprint density at radius 1 is 1.12 bits per heavy atom. The Kier molecular flexibility index (Phi) is 7.16. The zero-order valence-electron chi connectivity index (χ0n) is 14.4. The van der Waals surface area contributed by atoms with Gasteiger partial charge in [0.15, 0.2) is 0 Å². The summed E-state index contributed by atoms with van der Waals surface area (Å²) in [5.41, 5.74) is 1.02. The number of nitrogens with one attached hydrogen (secondary N) is 1. The monoisotopic (exact) mass is 348 g/mol. The third-order valence-corrected chi connectivity index (χ3v) is 4.85. The normalized spacial score (nSPS) is 16.3. The summed E-state index contributed by atoms with van der Waals surface area (Å²) in [4.78, 5) is 14.3. The van der Waals surface area contributed by atoms with Gasteiger partial charge in [0.2, 0.25) is 0 Å². The molecule has 0 aliphatic carbocycles. The summed E-state index contributed by atoms with van der Waals surface area (Å²) < 4.78 is 5.35. The standard InChI is InChI=1S/C20H24N2O3.Li.H/c1-25-18-10-6-5-9-17(18)21-20(19(23)24)11-13-22(14-12-20)15-16-7-3-2-4-8-16;;/h2-10,21H,11-15H2,1H3,(H,23,24);;. The van der Waals surface area contributed by atoms with Crippen LogP contribution in [0.15, 0.2) is 54.6 Å². The van der Waals surface area contributed by atoms with Gasteiger partial charge in [-0.15, -0.1) is 0 Å². The average molecular weight is 348 g/mol. The molecule has 0 atom stereocenters. The van der Waals surface area contributed by atoms with Gasteiger partial charge in [0.1, 0.15) is 11.3 Å². The van der Waals surface area contributed by atoms with Crippen LogP contribution in [-0.4, -0.2) is 60.6 Å². The fourth-order valence-electron chi connectivity index (χ4n) is 3.33. The van der Waals surface area contributed by atoms with E-state index in [4.69, 9.17) is 4.74 Å². The predicted octanol–water partition coefficient (Wildman–Crippen LogP) is 2.58. The van der Waals surface area contributed by atoms with E-state index in [2.05, 4.69) is 22.3 Å². The summed E-state index contributed by atoms with van der Waals surface area (Å²) in [6.45, 7) is 2.33. The van der Waals surface area contributed by atoms with Crippen LogP contribution in [0.3, 0.4) is 0 Å². The van der Waals surface area contributed by atoms with E-state index in [1.807, 2.05) is 42.5 Å². The second kappa shape index (κ2) is 9.13. The van der Waals surface area contributed by atoms with Crippen molar-refractivity contribution in [3.05, 3.63) is 60.2 Å². The molecule has 2 aromatic carbocycles. The van der Waals surface area contributed by atoms with E-state index in [1.165, 1.54) is 5.56 Å². The van der Waals surface area contributed by atoms with Crippen LogP contribution >= 0.6 is 0 Å². The minimum absolute atomic E-state index is 0. The number of benzene rings is 2. The van der Waals surface area contributed by atoms with E-state index in [9.17, 15) is 9.90 Å². The molecule has 134 valence electrons. The molecule has 26 heavy (non-hydrogen) atoms. The van der Waals surface area contributed by atoms with Gasteiger partial charge in [-0.25, -0.2) is 4.79 Å². The summed E-state index contributed by atoms with van der Waals surface area (Å²) in [7, 11) is 1.59. The molecule has 1 saturated heterocycles. The van der Waals surface area contributed by atoms with Crippen molar-refractivity contribution in [2.75, 3.05) is 25.5 Å². The summed E-state index contributed by atoms with van der Waals surface area (Å²) in [6.07, 6.45) is 1.10. The molecule has 1 aliphatic rings. The third kappa shape index (κ3) is 4.62. The van der Waals surface area contributed by atoms with Crippen LogP contribution in [0.5, 0.6) is 5.75 Å². The quantitative estimate of drug-likeness (QED) is 0.786. The van der Waals surface area contributed by atoms with E-state index in [1.54, 1.807) is 7.11 Å². The number of hydrogen-bond acceptors (Lipinski definition) is 4. The number of carboxylic acids is 1. The van der Waals surface area contributed by atoms with Gasteiger partial charge in [0, 0.05) is 19.6 Å².